The number of hydrogen-bond acceptors (Lipinski definition) is 3. The van der Waals surface area contributed by atoms with Gasteiger partial charge in [-0.1, -0.05) is 17.7 Å². The topological polar surface area (TPSA) is 39.1 Å². The lowest BCUT2D eigenvalue weighted by Gasteiger charge is -2.18. The van der Waals surface area contributed by atoms with Crippen molar-refractivity contribution in [3.8, 4) is 5.75 Å². The van der Waals surface area contributed by atoms with E-state index in [0.717, 1.165) is 15.9 Å². The molecular weight excluding hydrogens is 330 g/mol. The van der Waals surface area contributed by atoms with E-state index in [-0.39, 0.29) is 6.04 Å². The molecule has 19 heavy (non-hydrogen) atoms. The van der Waals surface area contributed by atoms with Crippen molar-refractivity contribution in [1.29, 1.82) is 0 Å². The second-order valence-electron chi connectivity index (χ2n) is 4.11. The van der Waals surface area contributed by atoms with Gasteiger partial charge in [0.15, 0.2) is 0 Å². The number of nitrogens with zero attached hydrogens (tertiary/aromatic N) is 2. The van der Waals surface area contributed by atoms with Crippen LogP contribution in [0.3, 0.4) is 0 Å². The third kappa shape index (κ3) is 3.49. The number of rotatable bonds is 5. The van der Waals surface area contributed by atoms with Gasteiger partial charge in [0.05, 0.1) is 22.4 Å². The minimum atomic E-state index is 0.0425. The van der Waals surface area contributed by atoms with Crippen LogP contribution in [-0.2, 0) is 7.05 Å². The zero-order valence-electron chi connectivity index (χ0n) is 10.7. The Labute approximate surface area is 125 Å². The molecule has 0 saturated heterocycles. The Hall–Kier alpha value is -1.04. The maximum atomic E-state index is 5.93. The summed E-state index contributed by atoms with van der Waals surface area (Å²) in [7, 11) is 3.80. The van der Waals surface area contributed by atoms with E-state index in [4.69, 9.17) is 16.3 Å². The van der Waals surface area contributed by atoms with Gasteiger partial charge in [0.25, 0.3) is 0 Å². The Bertz CT molecular complexity index is 539. The lowest BCUT2D eigenvalue weighted by atomic mass is 10.2. The van der Waals surface area contributed by atoms with Crippen LogP contribution in [0.4, 0.5) is 0 Å². The Morgan fingerprint density at radius 3 is 2.89 bits per heavy atom. The Morgan fingerprint density at radius 2 is 2.32 bits per heavy atom. The molecule has 4 nitrogen and oxygen atoms in total. The molecule has 6 heteroatoms. The highest BCUT2D eigenvalue weighted by Gasteiger charge is 2.17. The molecule has 1 aromatic heterocycles. The maximum absolute atomic E-state index is 5.93. The molecular formula is C13H15BrClN3O. The van der Waals surface area contributed by atoms with Crippen LogP contribution in [-0.4, -0.2) is 23.4 Å². The molecule has 0 saturated carbocycles. The predicted octanol–water partition coefficient (Wildman–Crippen LogP) is 3.18. The average Bonchev–Trinajstić information content (AvgIpc) is 2.71. The molecule has 1 unspecified atom stereocenters. The lowest BCUT2D eigenvalue weighted by Crippen LogP contribution is -2.26. The van der Waals surface area contributed by atoms with Crippen molar-refractivity contribution in [3.05, 3.63) is 45.7 Å². The van der Waals surface area contributed by atoms with E-state index in [1.165, 1.54) is 0 Å². The van der Waals surface area contributed by atoms with E-state index in [2.05, 4.69) is 26.3 Å². The predicted molar refractivity (Wildman–Crippen MR) is 79.7 cm³/mol. The van der Waals surface area contributed by atoms with Crippen molar-refractivity contribution < 1.29 is 4.74 Å². The summed E-state index contributed by atoms with van der Waals surface area (Å²) >= 11 is 9.42. The first-order valence-corrected chi connectivity index (χ1v) is 7.02. The van der Waals surface area contributed by atoms with Crippen LogP contribution >= 0.6 is 27.5 Å². The fraction of sp³-hybridized carbons (Fsp3) is 0.308. The van der Waals surface area contributed by atoms with Gasteiger partial charge in [-0.25, -0.2) is 0 Å². The first-order chi connectivity index (χ1) is 9.11. The van der Waals surface area contributed by atoms with Crippen LogP contribution in [0.2, 0.25) is 5.02 Å². The Balaban J connectivity index is 2.08. The molecule has 2 rings (SSSR count). The number of nitrogens with one attached hydrogen (secondary N) is 1. The van der Waals surface area contributed by atoms with E-state index in [0.29, 0.717) is 11.6 Å². The van der Waals surface area contributed by atoms with Gasteiger partial charge < -0.3 is 10.1 Å². The van der Waals surface area contributed by atoms with Gasteiger partial charge in [-0.3, -0.25) is 4.68 Å². The molecule has 1 heterocycles. The summed E-state index contributed by atoms with van der Waals surface area (Å²) in [6.45, 7) is 0.495. The third-order valence-corrected chi connectivity index (χ3v) is 3.67. The van der Waals surface area contributed by atoms with Crippen LogP contribution < -0.4 is 10.1 Å². The highest BCUT2D eigenvalue weighted by atomic mass is 79.9. The second kappa shape index (κ2) is 6.41. The van der Waals surface area contributed by atoms with Crippen molar-refractivity contribution in [2.75, 3.05) is 13.7 Å². The lowest BCUT2D eigenvalue weighted by molar-refractivity contribution is 0.266. The van der Waals surface area contributed by atoms with Crippen LogP contribution in [0, 0.1) is 0 Å². The highest BCUT2D eigenvalue weighted by molar-refractivity contribution is 9.10. The Kier molecular flexibility index (Phi) is 4.85. The van der Waals surface area contributed by atoms with E-state index < -0.39 is 0 Å². The monoisotopic (exact) mass is 343 g/mol. The minimum Gasteiger partial charge on any atom is -0.491 e. The maximum Gasteiger partial charge on any atom is 0.120 e. The molecule has 0 aliphatic heterocycles. The number of halogens is 2. The molecule has 0 bridgehead atoms. The first kappa shape index (κ1) is 14.4. The number of benzene rings is 1. The van der Waals surface area contributed by atoms with Crippen molar-refractivity contribution in [2.45, 2.75) is 6.04 Å². The van der Waals surface area contributed by atoms with Gasteiger partial charge in [-0.05, 0) is 41.2 Å². The summed E-state index contributed by atoms with van der Waals surface area (Å²) < 4.78 is 8.55. The van der Waals surface area contributed by atoms with E-state index in [9.17, 15) is 0 Å². The van der Waals surface area contributed by atoms with E-state index >= 15 is 0 Å². The number of aromatic nitrogens is 2. The second-order valence-corrected chi connectivity index (χ2v) is 5.40. The standard InChI is InChI=1S/C13H15BrClN3O/c1-16-12(13-11(14)7-17-18(13)2)8-19-10-5-3-4-9(15)6-10/h3-7,12,16H,8H2,1-2H3. The smallest absolute Gasteiger partial charge is 0.120 e. The largest absolute Gasteiger partial charge is 0.491 e. The number of aryl methyl sites for hydroxylation is 1. The molecule has 2 aromatic rings. The van der Waals surface area contributed by atoms with Crippen LogP contribution in [0.1, 0.15) is 11.7 Å². The third-order valence-electron chi connectivity index (χ3n) is 2.83. The van der Waals surface area contributed by atoms with Gasteiger partial charge in [0.2, 0.25) is 0 Å². The minimum absolute atomic E-state index is 0.0425. The van der Waals surface area contributed by atoms with Gasteiger partial charge in [-0.2, -0.15) is 5.10 Å². The Morgan fingerprint density at radius 1 is 1.53 bits per heavy atom. The van der Waals surface area contributed by atoms with Crippen molar-refractivity contribution in [1.82, 2.24) is 15.1 Å². The van der Waals surface area contributed by atoms with Crippen molar-refractivity contribution >= 4 is 27.5 Å². The summed E-state index contributed by atoms with van der Waals surface area (Å²) in [5.74, 6) is 0.756. The zero-order chi connectivity index (χ0) is 13.8. The van der Waals surface area contributed by atoms with Crippen molar-refractivity contribution in [3.63, 3.8) is 0 Å². The first-order valence-electron chi connectivity index (χ1n) is 5.85. The highest BCUT2D eigenvalue weighted by Crippen LogP contribution is 2.24. The molecule has 0 amide bonds. The molecule has 0 spiro atoms. The molecule has 1 N–H and O–H groups in total. The van der Waals surface area contributed by atoms with Gasteiger partial charge in [0, 0.05) is 12.1 Å². The van der Waals surface area contributed by atoms with Gasteiger partial charge >= 0.3 is 0 Å². The van der Waals surface area contributed by atoms with Crippen LogP contribution in [0.25, 0.3) is 0 Å². The summed E-state index contributed by atoms with van der Waals surface area (Å²) in [5, 5.41) is 8.10. The number of hydrogen-bond donors (Lipinski definition) is 1. The fourth-order valence-corrected chi connectivity index (χ4v) is 2.65. The molecule has 0 aliphatic rings. The summed E-state index contributed by atoms with van der Waals surface area (Å²) in [5.41, 5.74) is 1.05. The van der Waals surface area contributed by atoms with Gasteiger partial charge in [0.1, 0.15) is 12.4 Å². The zero-order valence-corrected chi connectivity index (χ0v) is 13.1. The molecule has 1 atom stereocenters. The van der Waals surface area contributed by atoms with E-state index in [1.807, 2.05) is 37.0 Å². The molecule has 1 aromatic carbocycles. The molecule has 102 valence electrons. The van der Waals surface area contributed by atoms with Crippen LogP contribution in [0.15, 0.2) is 34.9 Å². The summed E-state index contributed by atoms with van der Waals surface area (Å²) in [6, 6.07) is 7.41. The van der Waals surface area contributed by atoms with E-state index in [1.54, 1.807) is 12.3 Å². The normalized spacial score (nSPS) is 12.4. The van der Waals surface area contributed by atoms with Crippen LogP contribution in [0.5, 0.6) is 5.75 Å². The van der Waals surface area contributed by atoms with Gasteiger partial charge in [-0.15, -0.1) is 0 Å². The number of ether oxygens (including phenoxy) is 1. The summed E-state index contributed by atoms with van der Waals surface area (Å²) in [6.07, 6.45) is 1.78. The molecule has 0 radical (unpaired) electrons. The number of likely N-dealkylation sites (N-methyl/N-ethyl adjacent to an activating group) is 1. The quantitative estimate of drug-likeness (QED) is 0.905. The molecule has 0 aliphatic carbocycles. The average molecular weight is 345 g/mol. The summed E-state index contributed by atoms with van der Waals surface area (Å²) in [4.78, 5) is 0. The SMILES string of the molecule is CNC(COc1cccc(Cl)c1)c1c(Br)cnn1C. The molecule has 0 fully saturated rings. The van der Waals surface area contributed by atoms with Crippen molar-refractivity contribution in [2.24, 2.45) is 7.05 Å². The fourth-order valence-electron chi connectivity index (χ4n) is 1.85.